The van der Waals surface area contributed by atoms with Crippen molar-refractivity contribution in [3.05, 3.63) is 12.2 Å². The molecular formula is C13H22N4O. The van der Waals surface area contributed by atoms with Crippen LogP contribution in [0.4, 0.5) is 0 Å². The predicted octanol–water partition coefficient (Wildman–Crippen LogP) is 1.05. The smallest absolute Gasteiger partial charge is 0.143 e. The molecule has 0 radical (unpaired) electrons. The quantitative estimate of drug-likeness (QED) is 0.848. The number of carbonyl (C=O) groups is 1. The maximum atomic E-state index is 12.2. The van der Waals surface area contributed by atoms with Gasteiger partial charge < -0.3 is 5.32 Å². The van der Waals surface area contributed by atoms with Crippen LogP contribution >= 0.6 is 0 Å². The Labute approximate surface area is 108 Å². The second-order valence-electron chi connectivity index (χ2n) is 5.42. The fraction of sp³-hybridized carbons (Fsp3) is 0.769. The van der Waals surface area contributed by atoms with Crippen LogP contribution in [0.5, 0.6) is 0 Å². The predicted molar refractivity (Wildman–Crippen MR) is 69.2 cm³/mol. The summed E-state index contributed by atoms with van der Waals surface area (Å²) in [6.45, 7) is 7.01. The molecule has 0 saturated carbocycles. The van der Waals surface area contributed by atoms with Crippen molar-refractivity contribution in [2.45, 2.75) is 39.7 Å². The summed E-state index contributed by atoms with van der Waals surface area (Å²) in [7, 11) is 0. The third-order valence-corrected chi connectivity index (χ3v) is 3.36. The maximum absolute atomic E-state index is 12.2. The molecule has 1 aliphatic heterocycles. The molecule has 0 aliphatic carbocycles. The fourth-order valence-corrected chi connectivity index (χ4v) is 2.37. The number of piperidine rings is 1. The first kappa shape index (κ1) is 13.2. The standard InChI is InChI=1S/C13H22N4O/c1-10(2)8-17-13(15-9-16-17)7-12(18)11-3-5-14-6-4-11/h9-11,14H,3-8H2,1-2H3. The molecule has 0 bridgehead atoms. The lowest BCUT2D eigenvalue weighted by atomic mass is 9.92. The van der Waals surface area contributed by atoms with Gasteiger partial charge in [0.25, 0.3) is 0 Å². The minimum absolute atomic E-state index is 0.204. The number of hydrogen-bond donors (Lipinski definition) is 1. The van der Waals surface area contributed by atoms with Crippen molar-refractivity contribution in [1.82, 2.24) is 20.1 Å². The summed E-state index contributed by atoms with van der Waals surface area (Å²) in [5.74, 6) is 1.84. The summed E-state index contributed by atoms with van der Waals surface area (Å²) in [6.07, 6.45) is 3.89. The molecule has 2 rings (SSSR count). The fourth-order valence-electron chi connectivity index (χ4n) is 2.37. The Bertz CT molecular complexity index is 393. The summed E-state index contributed by atoms with van der Waals surface area (Å²) in [5.41, 5.74) is 0. The first-order valence-electron chi connectivity index (χ1n) is 6.77. The van der Waals surface area contributed by atoms with E-state index in [4.69, 9.17) is 0 Å². The van der Waals surface area contributed by atoms with Gasteiger partial charge in [0.05, 0.1) is 6.42 Å². The van der Waals surface area contributed by atoms with E-state index < -0.39 is 0 Å². The zero-order chi connectivity index (χ0) is 13.0. The lowest BCUT2D eigenvalue weighted by Crippen LogP contribution is -2.33. The molecule has 100 valence electrons. The van der Waals surface area contributed by atoms with Crippen molar-refractivity contribution < 1.29 is 4.79 Å². The Morgan fingerprint density at radius 3 is 2.89 bits per heavy atom. The van der Waals surface area contributed by atoms with Crippen molar-refractivity contribution in [2.75, 3.05) is 13.1 Å². The van der Waals surface area contributed by atoms with E-state index in [1.165, 1.54) is 0 Å². The highest BCUT2D eigenvalue weighted by Gasteiger charge is 2.22. The zero-order valence-electron chi connectivity index (χ0n) is 11.2. The Morgan fingerprint density at radius 1 is 1.50 bits per heavy atom. The molecule has 0 spiro atoms. The Morgan fingerprint density at radius 2 is 2.22 bits per heavy atom. The van der Waals surface area contributed by atoms with Crippen LogP contribution in [0.3, 0.4) is 0 Å². The molecule has 0 aromatic carbocycles. The molecule has 1 aromatic heterocycles. The molecule has 1 N–H and O–H groups in total. The molecule has 5 heteroatoms. The molecule has 0 amide bonds. The highest BCUT2D eigenvalue weighted by Crippen LogP contribution is 2.15. The number of ketones is 1. The van der Waals surface area contributed by atoms with E-state index in [9.17, 15) is 4.79 Å². The third-order valence-electron chi connectivity index (χ3n) is 3.36. The Balaban J connectivity index is 1.95. The van der Waals surface area contributed by atoms with Gasteiger partial charge in [-0.2, -0.15) is 5.10 Å². The Hall–Kier alpha value is -1.23. The molecule has 1 aromatic rings. The largest absolute Gasteiger partial charge is 0.317 e. The van der Waals surface area contributed by atoms with Crippen molar-refractivity contribution in [2.24, 2.45) is 11.8 Å². The number of Topliss-reactive ketones (excluding diaryl/α,β-unsaturated/α-hetero) is 1. The number of hydrogen-bond acceptors (Lipinski definition) is 4. The van der Waals surface area contributed by atoms with Crippen LogP contribution in [-0.2, 0) is 17.8 Å². The molecule has 18 heavy (non-hydrogen) atoms. The molecule has 1 fully saturated rings. The van der Waals surface area contributed by atoms with Crippen molar-refractivity contribution >= 4 is 5.78 Å². The van der Waals surface area contributed by atoms with E-state index in [2.05, 4.69) is 29.2 Å². The van der Waals surface area contributed by atoms with Crippen molar-refractivity contribution in [3.8, 4) is 0 Å². The van der Waals surface area contributed by atoms with Gasteiger partial charge >= 0.3 is 0 Å². The van der Waals surface area contributed by atoms with Gasteiger partial charge in [0.2, 0.25) is 0 Å². The molecule has 5 nitrogen and oxygen atoms in total. The normalized spacial score (nSPS) is 17.3. The zero-order valence-corrected chi connectivity index (χ0v) is 11.2. The number of carbonyl (C=O) groups excluding carboxylic acids is 1. The lowest BCUT2D eigenvalue weighted by molar-refractivity contribution is -0.123. The van der Waals surface area contributed by atoms with Gasteiger partial charge in [-0.3, -0.25) is 4.79 Å². The first-order valence-corrected chi connectivity index (χ1v) is 6.77. The number of rotatable bonds is 5. The molecular weight excluding hydrogens is 228 g/mol. The summed E-state index contributed by atoms with van der Waals surface area (Å²) in [4.78, 5) is 16.4. The number of aromatic nitrogens is 3. The summed E-state index contributed by atoms with van der Waals surface area (Å²) in [6, 6.07) is 0. The molecule has 0 atom stereocenters. The van der Waals surface area contributed by atoms with Gasteiger partial charge in [-0.25, -0.2) is 9.67 Å². The third kappa shape index (κ3) is 3.38. The van der Waals surface area contributed by atoms with Gasteiger partial charge in [-0.15, -0.1) is 0 Å². The molecule has 0 unspecified atom stereocenters. The van der Waals surface area contributed by atoms with E-state index in [0.29, 0.717) is 18.1 Å². The van der Waals surface area contributed by atoms with Crippen LogP contribution in [0.2, 0.25) is 0 Å². The van der Waals surface area contributed by atoms with E-state index >= 15 is 0 Å². The minimum Gasteiger partial charge on any atom is -0.317 e. The molecule has 1 aliphatic rings. The maximum Gasteiger partial charge on any atom is 0.143 e. The van der Waals surface area contributed by atoms with E-state index in [-0.39, 0.29) is 5.92 Å². The van der Waals surface area contributed by atoms with Gasteiger partial charge in [0, 0.05) is 12.5 Å². The van der Waals surface area contributed by atoms with E-state index in [1.807, 2.05) is 4.68 Å². The van der Waals surface area contributed by atoms with Crippen molar-refractivity contribution in [3.63, 3.8) is 0 Å². The minimum atomic E-state index is 0.204. The summed E-state index contributed by atoms with van der Waals surface area (Å²) >= 11 is 0. The van der Waals surface area contributed by atoms with Gasteiger partial charge in [-0.1, -0.05) is 13.8 Å². The van der Waals surface area contributed by atoms with Crippen LogP contribution in [0.15, 0.2) is 6.33 Å². The average molecular weight is 250 g/mol. The van der Waals surface area contributed by atoms with Crippen LogP contribution < -0.4 is 5.32 Å². The second kappa shape index (κ2) is 6.09. The average Bonchev–Trinajstić information content (AvgIpc) is 2.77. The monoisotopic (exact) mass is 250 g/mol. The van der Waals surface area contributed by atoms with Crippen LogP contribution in [0.25, 0.3) is 0 Å². The lowest BCUT2D eigenvalue weighted by Gasteiger charge is -2.21. The van der Waals surface area contributed by atoms with Crippen LogP contribution in [-0.4, -0.2) is 33.6 Å². The number of nitrogens with zero attached hydrogens (tertiary/aromatic N) is 3. The second-order valence-corrected chi connectivity index (χ2v) is 5.42. The van der Waals surface area contributed by atoms with E-state index in [0.717, 1.165) is 38.3 Å². The van der Waals surface area contributed by atoms with E-state index in [1.54, 1.807) is 6.33 Å². The highest BCUT2D eigenvalue weighted by atomic mass is 16.1. The highest BCUT2D eigenvalue weighted by molar-refractivity contribution is 5.82. The number of nitrogens with one attached hydrogen (secondary N) is 1. The summed E-state index contributed by atoms with van der Waals surface area (Å²) < 4.78 is 1.86. The van der Waals surface area contributed by atoms with Crippen LogP contribution in [0.1, 0.15) is 32.5 Å². The van der Waals surface area contributed by atoms with Gasteiger partial charge in [0.15, 0.2) is 0 Å². The molecule has 1 saturated heterocycles. The van der Waals surface area contributed by atoms with Gasteiger partial charge in [-0.05, 0) is 31.8 Å². The Kier molecular flexibility index (Phi) is 4.47. The van der Waals surface area contributed by atoms with Crippen molar-refractivity contribution in [1.29, 1.82) is 0 Å². The van der Waals surface area contributed by atoms with Crippen LogP contribution in [0, 0.1) is 11.8 Å². The SMILES string of the molecule is CC(C)Cn1ncnc1CC(=O)C1CCNCC1. The topological polar surface area (TPSA) is 59.8 Å². The molecule has 2 heterocycles. The van der Waals surface area contributed by atoms with Gasteiger partial charge in [0.1, 0.15) is 17.9 Å². The first-order chi connectivity index (χ1) is 8.66. The summed E-state index contributed by atoms with van der Waals surface area (Å²) in [5, 5.41) is 7.48.